The quantitative estimate of drug-likeness (QED) is 0.688. The number of hydrogen-bond donors (Lipinski definition) is 1. The van der Waals surface area contributed by atoms with Crippen molar-refractivity contribution >= 4 is 0 Å². The van der Waals surface area contributed by atoms with Crippen LogP contribution in [0, 0.1) is 0 Å². The van der Waals surface area contributed by atoms with Crippen molar-refractivity contribution in [1.29, 1.82) is 0 Å². The van der Waals surface area contributed by atoms with E-state index >= 15 is 0 Å². The van der Waals surface area contributed by atoms with Gasteiger partial charge in [0.2, 0.25) is 0 Å². The lowest BCUT2D eigenvalue weighted by atomic mass is 10.2. The van der Waals surface area contributed by atoms with Crippen molar-refractivity contribution in [2.45, 2.75) is 19.4 Å². The zero-order valence-corrected chi connectivity index (χ0v) is 6.91. The molecule has 1 heterocycles. The van der Waals surface area contributed by atoms with E-state index in [2.05, 4.69) is 22.2 Å². The largest absolute Gasteiger partial charge is 0.317 e. The minimum atomic E-state index is 0.465. The number of nitrogens with one attached hydrogen (secondary N) is 1. The third-order valence-corrected chi connectivity index (χ3v) is 1.62. The Labute approximate surface area is 66.9 Å². The Kier molecular flexibility index (Phi) is 2.98. The Bertz CT molecular complexity index is 198. The second-order valence-corrected chi connectivity index (χ2v) is 2.59. The van der Waals surface area contributed by atoms with Crippen molar-refractivity contribution in [3.8, 4) is 0 Å². The molecule has 11 heavy (non-hydrogen) atoms. The maximum atomic E-state index is 4.16. The van der Waals surface area contributed by atoms with Crippen LogP contribution < -0.4 is 5.32 Å². The zero-order valence-electron chi connectivity index (χ0n) is 6.91. The van der Waals surface area contributed by atoms with E-state index in [1.54, 1.807) is 18.6 Å². The van der Waals surface area contributed by atoms with E-state index in [0.29, 0.717) is 6.04 Å². The van der Waals surface area contributed by atoms with E-state index in [-0.39, 0.29) is 0 Å². The van der Waals surface area contributed by atoms with Crippen LogP contribution in [-0.2, 0) is 6.42 Å². The topological polar surface area (TPSA) is 37.8 Å². The number of aromatic nitrogens is 2. The van der Waals surface area contributed by atoms with Gasteiger partial charge in [0.15, 0.2) is 0 Å². The summed E-state index contributed by atoms with van der Waals surface area (Å²) in [5, 5.41) is 3.15. The molecule has 0 aromatic carbocycles. The maximum Gasteiger partial charge on any atom is 0.0602 e. The van der Waals surface area contributed by atoms with Gasteiger partial charge in [0.05, 0.1) is 5.69 Å². The molecule has 1 rings (SSSR count). The van der Waals surface area contributed by atoms with Crippen molar-refractivity contribution in [3.63, 3.8) is 0 Å². The van der Waals surface area contributed by atoms with E-state index in [0.717, 1.165) is 12.1 Å². The SMILES string of the molecule is CNC(C)Cc1cnccn1. The third-order valence-electron chi connectivity index (χ3n) is 1.62. The minimum absolute atomic E-state index is 0.465. The second-order valence-electron chi connectivity index (χ2n) is 2.59. The Hall–Kier alpha value is -0.960. The summed E-state index contributed by atoms with van der Waals surface area (Å²) < 4.78 is 0. The van der Waals surface area contributed by atoms with E-state index in [1.165, 1.54) is 0 Å². The molecule has 0 saturated heterocycles. The summed E-state index contributed by atoms with van der Waals surface area (Å²) >= 11 is 0. The molecule has 0 saturated carbocycles. The fraction of sp³-hybridized carbons (Fsp3) is 0.500. The van der Waals surface area contributed by atoms with Crippen molar-refractivity contribution in [3.05, 3.63) is 24.3 Å². The first-order valence-electron chi connectivity index (χ1n) is 3.75. The van der Waals surface area contributed by atoms with Gasteiger partial charge in [-0.3, -0.25) is 9.97 Å². The summed E-state index contributed by atoms with van der Waals surface area (Å²) in [7, 11) is 1.95. The van der Waals surface area contributed by atoms with Crippen LogP contribution in [0.1, 0.15) is 12.6 Å². The molecular formula is C8H13N3. The summed E-state index contributed by atoms with van der Waals surface area (Å²) in [6, 6.07) is 0.465. The highest BCUT2D eigenvalue weighted by atomic mass is 14.9. The van der Waals surface area contributed by atoms with Crippen LogP contribution in [-0.4, -0.2) is 23.1 Å². The summed E-state index contributed by atoms with van der Waals surface area (Å²) in [6.07, 6.45) is 6.14. The lowest BCUT2D eigenvalue weighted by Crippen LogP contribution is -2.23. The Morgan fingerprint density at radius 1 is 1.55 bits per heavy atom. The van der Waals surface area contributed by atoms with E-state index in [4.69, 9.17) is 0 Å². The van der Waals surface area contributed by atoms with Crippen molar-refractivity contribution in [1.82, 2.24) is 15.3 Å². The number of rotatable bonds is 3. The predicted octanol–water partition coefficient (Wildman–Crippen LogP) is 0.627. The van der Waals surface area contributed by atoms with Gasteiger partial charge in [0.25, 0.3) is 0 Å². The molecule has 0 spiro atoms. The molecule has 3 heteroatoms. The van der Waals surface area contributed by atoms with Crippen molar-refractivity contribution in [2.75, 3.05) is 7.05 Å². The average molecular weight is 151 g/mol. The molecule has 0 bridgehead atoms. The standard InChI is InChI=1S/C8H13N3/c1-7(9-2)5-8-6-10-3-4-11-8/h3-4,6-7,9H,5H2,1-2H3. The smallest absolute Gasteiger partial charge is 0.0602 e. The number of likely N-dealkylation sites (N-methyl/N-ethyl adjacent to an activating group) is 1. The monoisotopic (exact) mass is 151 g/mol. The van der Waals surface area contributed by atoms with Crippen LogP contribution in [0.2, 0.25) is 0 Å². The first-order valence-corrected chi connectivity index (χ1v) is 3.75. The highest BCUT2D eigenvalue weighted by Crippen LogP contribution is 1.95. The van der Waals surface area contributed by atoms with Gasteiger partial charge < -0.3 is 5.32 Å². The Morgan fingerprint density at radius 3 is 2.91 bits per heavy atom. The van der Waals surface area contributed by atoms with Crippen LogP contribution in [0.25, 0.3) is 0 Å². The first kappa shape index (κ1) is 8.14. The molecule has 1 aromatic heterocycles. The van der Waals surface area contributed by atoms with E-state index < -0.39 is 0 Å². The minimum Gasteiger partial charge on any atom is -0.317 e. The molecule has 0 aliphatic carbocycles. The van der Waals surface area contributed by atoms with Gasteiger partial charge in [0, 0.05) is 31.1 Å². The van der Waals surface area contributed by atoms with Crippen molar-refractivity contribution in [2.24, 2.45) is 0 Å². The van der Waals surface area contributed by atoms with Gasteiger partial charge in [-0.25, -0.2) is 0 Å². The lowest BCUT2D eigenvalue weighted by molar-refractivity contribution is 0.599. The molecule has 0 aliphatic heterocycles. The van der Waals surface area contributed by atoms with Crippen LogP contribution in [0.5, 0.6) is 0 Å². The van der Waals surface area contributed by atoms with Gasteiger partial charge in [-0.1, -0.05) is 0 Å². The molecule has 1 atom stereocenters. The van der Waals surface area contributed by atoms with Gasteiger partial charge in [0.1, 0.15) is 0 Å². The molecule has 0 amide bonds. The maximum absolute atomic E-state index is 4.16. The molecule has 0 fully saturated rings. The molecule has 1 aromatic rings. The highest BCUT2D eigenvalue weighted by molar-refractivity contribution is 4.96. The predicted molar refractivity (Wildman–Crippen MR) is 44.3 cm³/mol. The molecule has 0 aliphatic rings. The van der Waals surface area contributed by atoms with Crippen molar-refractivity contribution < 1.29 is 0 Å². The lowest BCUT2D eigenvalue weighted by Gasteiger charge is -2.07. The van der Waals surface area contributed by atoms with Crippen LogP contribution in [0.3, 0.4) is 0 Å². The summed E-state index contributed by atoms with van der Waals surface area (Å²) in [6.45, 7) is 2.12. The second kappa shape index (κ2) is 4.03. The molecule has 0 radical (unpaired) electrons. The summed E-state index contributed by atoms with van der Waals surface area (Å²) in [4.78, 5) is 8.15. The van der Waals surface area contributed by atoms with Crippen LogP contribution in [0.15, 0.2) is 18.6 Å². The van der Waals surface area contributed by atoms with Crippen LogP contribution >= 0.6 is 0 Å². The molecule has 60 valence electrons. The molecule has 1 N–H and O–H groups in total. The fourth-order valence-corrected chi connectivity index (χ4v) is 0.851. The summed E-state index contributed by atoms with van der Waals surface area (Å²) in [5.41, 5.74) is 1.04. The number of nitrogens with zero attached hydrogens (tertiary/aromatic N) is 2. The molecular weight excluding hydrogens is 138 g/mol. The highest BCUT2D eigenvalue weighted by Gasteiger charge is 1.99. The molecule has 3 nitrogen and oxygen atoms in total. The fourth-order valence-electron chi connectivity index (χ4n) is 0.851. The summed E-state index contributed by atoms with van der Waals surface area (Å²) in [5.74, 6) is 0. The first-order chi connectivity index (χ1) is 5.33. The van der Waals surface area contributed by atoms with Gasteiger partial charge in [-0.05, 0) is 14.0 Å². The van der Waals surface area contributed by atoms with Gasteiger partial charge in [-0.2, -0.15) is 0 Å². The third kappa shape index (κ3) is 2.63. The normalized spacial score (nSPS) is 12.9. The average Bonchev–Trinajstić information content (AvgIpc) is 2.06. The van der Waals surface area contributed by atoms with Crippen LogP contribution in [0.4, 0.5) is 0 Å². The van der Waals surface area contributed by atoms with E-state index in [9.17, 15) is 0 Å². The molecule has 1 unspecified atom stereocenters. The van der Waals surface area contributed by atoms with E-state index in [1.807, 2.05) is 7.05 Å². The Morgan fingerprint density at radius 2 is 2.36 bits per heavy atom. The van der Waals surface area contributed by atoms with Gasteiger partial charge >= 0.3 is 0 Å². The Balaban J connectivity index is 2.51. The number of hydrogen-bond acceptors (Lipinski definition) is 3. The zero-order chi connectivity index (χ0) is 8.10. The van der Waals surface area contributed by atoms with Gasteiger partial charge in [-0.15, -0.1) is 0 Å².